The quantitative estimate of drug-likeness (QED) is 0.725. The third-order valence-corrected chi connectivity index (χ3v) is 4.95. The van der Waals surface area contributed by atoms with Crippen molar-refractivity contribution in [3.05, 3.63) is 47.7 Å². The second-order valence-electron chi connectivity index (χ2n) is 7.30. The number of aromatic hydroxyl groups is 1. The Bertz CT molecular complexity index is 1040. The van der Waals surface area contributed by atoms with Gasteiger partial charge in [-0.05, 0) is 35.7 Å². The molecule has 7 heteroatoms. The smallest absolute Gasteiger partial charge is 0.251 e. The van der Waals surface area contributed by atoms with Gasteiger partial charge in [0, 0.05) is 18.0 Å². The lowest BCUT2D eigenvalue weighted by molar-refractivity contribution is 0.0925. The van der Waals surface area contributed by atoms with Crippen molar-refractivity contribution in [2.75, 3.05) is 13.2 Å². The number of nitrogens with zero attached hydrogens (tertiary/aromatic N) is 2. The summed E-state index contributed by atoms with van der Waals surface area (Å²) in [4.78, 5) is 12.9. The first-order valence-corrected chi connectivity index (χ1v) is 9.29. The van der Waals surface area contributed by atoms with Gasteiger partial charge in [-0.3, -0.25) is 9.48 Å². The molecule has 0 unspecified atom stereocenters. The van der Waals surface area contributed by atoms with E-state index in [0.29, 0.717) is 35.4 Å². The molecule has 0 radical (unpaired) electrons. The number of carbonyl (C=O) groups excluding carboxylic acids is 1. The number of amides is 1. The average Bonchev–Trinajstić information content (AvgIpc) is 3.06. The standard InChI is InChI=1S/C21H23N3O4/c1-12(2)19(13-4-5-17-18(10-13)28-7-6-27-17)23-21(26)14-8-15-11-22-24(3)20(15)16(25)9-14/h4-5,8-12,19,25H,6-7H2,1-3H3,(H,23,26)/t19-/m0/s1. The molecule has 0 saturated carbocycles. The Kier molecular flexibility index (Phi) is 4.58. The lowest BCUT2D eigenvalue weighted by Crippen LogP contribution is -2.32. The first kappa shape index (κ1) is 18.2. The van der Waals surface area contributed by atoms with Gasteiger partial charge in [-0.15, -0.1) is 0 Å². The first-order chi connectivity index (χ1) is 13.4. The molecule has 0 bridgehead atoms. The highest BCUT2D eigenvalue weighted by Crippen LogP contribution is 2.34. The van der Waals surface area contributed by atoms with Crippen molar-refractivity contribution in [2.24, 2.45) is 13.0 Å². The van der Waals surface area contributed by atoms with Crippen molar-refractivity contribution in [3.63, 3.8) is 0 Å². The molecule has 4 rings (SSSR count). The Labute approximate surface area is 162 Å². The average molecular weight is 381 g/mol. The fourth-order valence-electron chi connectivity index (χ4n) is 3.54. The van der Waals surface area contributed by atoms with E-state index in [9.17, 15) is 9.90 Å². The molecule has 0 aliphatic carbocycles. The predicted octanol–water partition coefficient (Wildman–Crippen LogP) is 3.18. The zero-order chi connectivity index (χ0) is 19.8. The van der Waals surface area contributed by atoms with Crippen molar-refractivity contribution < 1.29 is 19.4 Å². The highest BCUT2D eigenvalue weighted by Gasteiger charge is 2.23. The van der Waals surface area contributed by atoms with Gasteiger partial charge >= 0.3 is 0 Å². The summed E-state index contributed by atoms with van der Waals surface area (Å²) >= 11 is 0. The van der Waals surface area contributed by atoms with Crippen LogP contribution in [0.25, 0.3) is 10.9 Å². The van der Waals surface area contributed by atoms with Crippen LogP contribution in [0.2, 0.25) is 0 Å². The monoisotopic (exact) mass is 381 g/mol. The van der Waals surface area contributed by atoms with Crippen LogP contribution >= 0.6 is 0 Å². The third kappa shape index (κ3) is 3.24. The Balaban J connectivity index is 1.62. The van der Waals surface area contributed by atoms with Crippen LogP contribution in [0.15, 0.2) is 36.5 Å². The van der Waals surface area contributed by atoms with Crippen molar-refractivity contribution in [2.45, 2.75) is 19.9 Å². The molecule has 28 heavy (non-hydrogen) atoms. The normalized spacial score (nSPS) is 14.3. The molecule has 7 nitrogen and oxygen atoms in total. The maximum Gasteiger partial charge on any atom is 0.251 e. The molecule has 0 saturated heterocycles. The molecular weight excluding hydrogens is 358 g/mol. The van der Waals surface area contributed by atoms with Gasteiger partial charge in [-0.2, -0.15) is 5.10 Å². The fourth-order valence-corrected chi connectivity index (χ4v) is 3.54. The summed E-state index contributed by atoms with van der Waals surface area (Å²) in [6, 6.07) is 8.73. The lowest BCUT2D eigenvalue weighted by Gasteiger charge is -2.25. The van der Waals surface area contributed by atoms with E-state index in [2.05, 4.69) is 10.4 Å². The summed E-state index contributed by atoms with van der Waals surface area (Å²) in [7, 11) is 1.75. The number of hydrogen-bond acceptors (Lipinski definition) is 5. The number of carbonyl (C=O) groups is 1. The van der Waals surface area contributed by atoms with Crippen LogP contribution in [0.1, 0.15) is 35.8 Å². The molecule has 1 aliphatic rings. The lowest BCUT2D eigenvalue weighted by atomic mass is 9.95. The Morgan fingerprint density at radius 3 is 2.68 bits per heavy atom. The molecule has 1 aromatic heterocycles. The number of aryl methyl sites for hydroxylation is 1. The van der Waals surface area contributed by atoms with E-state index in [1.165, 1.54) is 6.07 Å². The number of fused-ring (bicyclic) bond motifs is 2. The minimum atomic E-state index is -0.255. The van der Waals surface area contributed by atoms with E-state index in [1.54, 1.807) is 24.0 Å². The van der Waals surface area contributed by atoms with Crippen molar-refractivity contribution in [3.8, 4) is 17.2 Å². The van der Waals surface area contributed by atoms with Gasteiger partial charge in [-0.1, -0.05) is 19.9 Å². The molecule has 2 heterocycles. The maximum atomic E-state index is 12.9. The summed E-state index contributed by atoms with van der Waals surface area (Å²) in [6.07, 6.45) is 1.63. The second kappa shape index (κ2) is 7.07. The molecule has 2 aromatic carbocycles. The predicted molar refractivity (Wildman–Crippen MR) is 105 cm³/mol. The molecule has 1 aliphatic heterocycles. The molecule has 1 amide bonds. The van der Waals surface area contributed by atoms with Crippen LogP contribution in [0, 0.1) is 5.92 Å². The summed E-state index contributed by atoms with van der Waals surface area (Å²) in [5.74, 6) is 1.34. The number of benzene rings is 2. The number of rotatable bonds is 4. The van der Waals surface area contributed by atoms with Crippen molar-refractivity contribution in [1.82, 2.24) is 15.1 Å². The minimum Gasteiger partial charge on any atom is -0.506 e. The van der Waals surface area contributed by atoms with E-state index in [1.807, 2.05) is 32.0 Å². The van der Waals surface area contributed by atoms with Crippen LogP contribution in [0.4, 0.5) is 0 Å². The summed E-state index contributed by atoms with van der Waals surface area (Å²) in [5.41, 5.74) is 1.93. The van der Waals surface area contributed by atoms with Gasteiger partial charge in [0.05, 0.1) is 12.2 Å². The molecule has 3 aromatic rings. The molecule has 2 N–H and O–H groups in total. The number of hydrogen-bond donors (Lipinski definition) is 2. The number of ether oxygens (including phenoxy) is 2. The van der Waals surface area contributed by atoms with Gasteiger partial charge in [0.1, 0.15) is 24.5 Å². The van der Waals surface area contributed by atoms with Crippen LogP contribution in [-0.2, 0) is 7.05 Å². The van der Waals surface area contributed by atoms with Gasteiger partial charge < -0.3 is 19.9 Å². The summed E-state index contributed by atoms with van der Waals surface area (Å²) in [6.45, 7) is 5.14. The number of nitrogens with one attached hydrogen (secondary N) is 1. The van der Waals surface area contributed by atoms with E-state index < -0.39 is 0 Å². The molecular formula is C21H23N3O4. The molecule has 1 atom stereocenters. The molecule has 0 fully saturated rings. The minimum absolute atomic E-state index is 0.0306. The zero-order valence-corrected chi connectivity index (χ0v) is 16.1. The maximum absolute atomic E-state index is 12.9. The van der Waals surface area contributed by atoms with Gasteiger partial charge in [0.15, 0.2) is 11.5 Å². The van der Waals surface area contributed by atoms with Crippen LogP contribution in [0.5, 0.6) is 17.2 Å². The van der Waals surface area contributed by atoms with Crippen LogP contribution in [0.3, 0.4) is 0 Å². The Morgan fingerprint density at radius 2 is 1.93 bits per heavy atom. The molecule has 146 valence electrons. The van der Waals surface area contributed by atoms with E-state index in [-0.39, 0.29) is 23.6 Å². The summed E-state index contributed by atoms with van der Waals surface area (Å²) < 4.78 is 12.8. The van der Waals surface area contributed by atoms with E-state index in [4.69, 9.17) is 9.47 Å². The zero-order valence-electron chi connectivity index (χ0n) is 16.1. The fraction of sp³-hybridized carbons (Fsp3) is 0.333. The largest absolute Gasteiger partial charge is 0.506 e. The van der Waals surface area contributed by atoms with E-state index >= 15 is 0 Å². The van der Waals surface area contributed by atoms with Gasteiger partial charge in [0.25, 0.3) is 5.91 Å². The summed E-state index contributed by atoms with van der Waals surface area (Å²) in [5, 5.41) is 18.2. The highest BCUT2D eigenvalue weighted by molar-refractivity contribution is 6.00. The SMILES string of the molecule is CC(C)[C@H](NC(=O)c1cc(O)c2c(cnn2C)c1)c1ccc2c(c1)OCCO2. The number of phenolic OH excluding ortho intramolecular Hbond substituents is 1. The third-order valence-electron chi connectivity index (χ3n) is 4.95. The Hall–Kier alpha value is -3.22. The van der Waals surface area contributed by atoms with Crippen molar-refractivity contribution in [1.29, 1.82) is 0 Å². The number of aromatic nitrogens is 2. The second-order valence-corrected chi connectivity index (χ2v) is 7.30. The van der Waals surface area contributed by atoms with Crippen LogP contribution < -0.4 is 14.8 Å². The highest BCUT2D eigenvalue weighted by atomic mass is 16.6. The van der Waals surface area contributed by atoms with E-state index in [0.717, 1.165) is 11.3 Å². The van der Waals surface area contributed by atoms with Crippen molar-refractivity contribution >= 4 is 16.8 Å². The van der Waals surface area contributed by atoms with Gasteiger partial charge in [-0.25, -0.2) is 0 Å². The van der Waals surface area contributed by atoms with Gasteiger partial charge in [0.2, 0.25) is 0 Å². The number of phenols is 1. The molecule has 0 spiro atoms. The first-order valence-electron chi connectivity index (χ1n) is 9.29. The topological polar surface area (TPSA) is 85.6 Å². The Morgan fingerprint density at radius 1 is 1.18 bits per heavy atom. The van der Waals surface area contributed by atoms with Crippen LogP contribution in [-0.4, -0.2) is 34.0 Å².